The highest BCUT2D eigenvalue weighted by Gasteiger charge is 2.33. The minimum absolute atomic E-state index is 0.0213. The first-order chi connectivity index (χ1) is 11.5. The maximum absolute atomic E-state index is 13.0. The van der Waals surface area contributed by atoms with E-state index < -0.39 is 0 Å². The predicted molar refractivity (Wildman–Crippen MR) is 91.5 cm³/mol. The number of para-hydroxylation sites is 2. The van der Waals surface area contributed by atoms with Crippen LogP contribution in [0.15, 0.2) is 48.5 Å². The van der Waals surface area contributed by atoms with Gasteiger partial charge in [0.15, 0.2) is 0 Å². The van der Waals surface area contributed by atoms with Crippen LogP contribution < -0.4 is 9.80 Å². The molecule has 2 aromatic carbocycles. The highest BCUT2D eigenvalue weighted by molar-refractivity contribution is 6.11. The van der Waals surface area contributed by atoms with E-state index in [-0.39, 0.29) is 36.6 Å². The van der Waals surface area contributed by atoms with Crippen molar-refractivity contribution in [1.82, 2.24) is 0 Å². The van der Waals surface area contributed by atoms with Crippen molar-refractivity contribution in [2.24, 2.45) is 0 Å². The summed E-state index contributed by atoms with van der Waals surface area (Å²) >= 11 is 0. The molecule has 0 atom stereocenters. The van der Waals surface area contributed by atoms with Crippen molar-refractivity contribution in [3.05, 3.63) is 59.9 Å². The zero-order valence-electron chi connectivity index (χ0n) is 13.7. The Labute approximate surface area is 140 Å². The smallest absolute Gasteiger partial charge is 0.247 e. The van der Waals surface area contributed by atoms with E-state index in [1.807, 2.05) is 38.1 Å². The van der Waals surface area contributed by atoms with Crippen LogP contribution in [0, 0.1) is 5.82 Å². The lowest BCUT2D eigenvalue weighted by Gasteiger charge is -2.38. The fraction of sp³-hybridized carbons (Fsp3) is 0.263. The highest BCUT2D eigenvalue weighted by Crippen LogP contribution is 2.34. The first-order valence-electron chi connectivity index (χ1n) is 7.93. The zero-order chi connectivity index (χ0) is 17.3. The number of carbonyl (C=O) groups is 2. The molecular formula is C19H19FN2O2. The predicted octanol–water partition coefficient (Wildman–Crippen LogP) is 3.16. The molecule has 0 spiro atoms. The van der Waals surface area contributed by atoms with E-state index in [1.165, 1.54) is 17.0 Å². The monoisotopic (exact) mass is 326 g/mol. The van der Waals surface area contributed by atoms with Gasteiger partial charge >= 0.3 is 0 Å². The van der Waals surface area contributed by atoms with Crippen LogP contribution in [-0.2, 0) is 16.0 Å². The Morgan fingerprint density at radius 3 is 2.33 bits per heavy atom. The lowest BCUT2D eigenvalue weighted by molar-refractivity contribution is -0.122. The first kappa shape index (κ1) is 16.2. The number of amides is 2. The second-order valence-corrected chi connectivity index (χ2v) is 6.13. The van der Waals surface area contributed by atoms with Crippen molar-refractivity contribution in [2.45, 2.75) is 26.3 Å². The van der Waals surface area contributed by atoms with Crippen molar-refractivity contribution in [3.8, 4) is 0 Å². The molecule has 0 radical (unpaired) electrons. The van der Waals surface area contributed by atoms with E-state index in [1.54, 1.807) is 17.0 Å². The number of hydrogen-bond donors (Lipinski definition) is 0. The largest absolute Gasteiger partial charge is 0.306 e. The van der Waals surface area contributed by atoms with Gasteiger partial charge in [-0.2, -0.15) is 0 Å². The van der Waals surface area contributed by atoms with E-state index in [4.69, 9.17) is 0 Å². The molecule has 1 aliphatic rings. The molecule has 2 aromatic rings. The number of halogens is 1. The summed E-state index contributed by atoms with van der Waals surface area (Å²) in [6, 6.07) is 13.3. The van der Waals surface area contributed by atoms with Crippen molar-refractivity contribution in [3.63, 3.8) is 0 Å². The number of nitrogens with zero attached hydrogens (tertiary/aromatic N) is 2. The number of carbonyl (C=O) groups excluding carboxylic acids is 2. The Morgan fingerprint density at radius 1 is 1.08 bits per heavy atom. The van der Waals surface area contributed by atoms with Crippen molar-refractivity contribution >= 4 is 23.2 Å². The van der Waals surface area contributed by atoms with Crippen LogP contribution >= 0.6 is 0 Å². The van der Waals surface area contributed by atoms with E-state index in [9.17, 15) is 14.0 Å². The number of benzene rings is 2. The van der Waals surface area contributed by atoms with Gasteiger partial charge in [-0.05, 0) is 43.7 Å². The zero-order valence-corrected chi connectivity index (χ0v) is 13.7. The number of anilines is 2. The molecule has 1 heterocycles. The fourth-order valence-electron chi connectivity index (χ4n) is 2.99. The van der Waals surface area contributed by atoms with Gasteiger partial charge in [-0.15, -0.1) is 0 Å². The minimum atomic E-state index is -0.336. The van der Waals surface area contributed by atoms with Crippen LogP contribution in [0.5, 0.6) is 0 Å². The minimum Gasteiger partial charge on any atom is -0.306 e. The van der Waals surface area contributed by atoms with Gasteiger partial charge < -0.3 is 9.80 Å². The molecule has 2 amide bonds. The molecular weight excluding hydrogens is 307 g/mol. The van der Waals surface area contributed by atoms with Crippen LogP contribution in [-0.4, -0.2) is 24.4 Å². The molecule has 4 nitrogen and oxygen atoms in total. The second-order valence-electron chi connectivity index (χ2n) is 6.13. The maximum Gasteiger partial charge on any atom is 0.247 e. The SMILES string of the molecule is CC(C)N1C(=O)CN(C(=O)Cc2ccc(F)cc2)c2ccccc21. The molecule has 0 saturated carbocycles. The van der Waals surface area contributed by atoms with Crippen LogP contribution in [0.3, 0.4) is 0 Å². The van der Waals surface area contributed by atoms with Gasteiger partial charge in [0.25, 0.3) is 0 Å². The molecule has 3 rings (SSSR count). The Bertz CT molecular complexity index is 771. The van der Waals surface area contributed by atoms with Gasteiger partial charge in [0.1, 0.15) is 12.4 Å². The van der Waals surface area contributed by atoms with Crippen LogP contribution in [0.2, 0.25) is 0 Å². The van der Waals surface area contributed by atoms with Gasteiger partial charge in [0.2, 0.25) is 11.8 Å². The average Bonchev–Trinajstić information content (AvgIpc) is 2.55. The average molecular weight is 326 g/mol. The Balaban J connectivity index is 1.90. The fourth-order valence-corrected chi connectivity index (χ4v) is 2.99. The summed E-state index contributed by atoms with van der Waals surface area (Å²) in [6.07, 6.45) is 0.129. The summed E-state index contributed by atoms with van der Waals surface area (Å²) in [5, 5.41) is 0. The third kappa shape index (κ3) is 3.02. The van der Waals surface area contributed by atoms with Crippen LogP contribution in [0.1, 0.15) is 19.4 Å². The molecule has 0 aromatic heterocycles. The molecule has 0 fully saturated rings. The Morgan fingerprint density at radius 2 is 1.71 bits per heavy atom. The number of rotatable bonds is 3. The number of fused-ring (bicyclic) bond motifs is 1. The summed E-state index contributed by atoms with van der Waals surface area (Å²) < 4.78 is 13.0. The summed E-state index contributed by atoms with van der Waals surface area (Å²) in [6.45, 7) is 3.92. The van der Waals surface area contributed by atoms with Gasteiger partial charge in [0.05, 0.1) is 17.8 Å². The molecule has 0 bridgehead atoms. The first-order valence-corrected chi connectivity index (χ1v) is 7.93. The second kappa shape index (κ2) is 6.43. The van der Waals surface area contributed by atoms with Crippen molar-refractivity contribution in [1.29, 1.82) is 0 Å². The third-order valence-corrected chi connectivity index (χ3v) is 4.08. The number of hydrogen-bond acceptors (Lipinski definition) is 2. The lowest BCUT2D eigenvalue weighted by atomic mass is 10.1. The van der Waals surface area contributed by atoms with Gasteiger partial charge in [-0.1, -0.05) is 24.3 Å². The highest BCUT2D eigenvalue weighted by atomic mass is 19.1. The summed E-state index contributed by atoms with van der Waals surface area (Å²) in [5.74, 6) is -0.612. The van der Waals surface area contributed by atoms with E-state index >= 15 is 0 Å². The van der Waals surface area contributed by atoms with Gasteiger partial charge in [0, 0.05) is 6.04 Å². The maximum atomic E-state index is 13.0. The molecule has 0 saturated heterocycles. The van der Waals surface area contributed by atoms with Gasteiger partial charge in [-0.3, -0.25) is 9.59 Å². The molecule has 124 valence electrons. The normalized spacial score (nSPS) is 14.1. The Hall–Kier alpha value is -2.69. The standard InChI is InChI=1S/C19H19FN2O2/c1-13(2)22-17-6-4-3-5-16(17)21(12-19(22)24)18(23)11-14-7-9-15(20)10-8-14/h3-10,13H,11-12H2,1-2H3. The third-order valence-electron chi connectivity index (χ3n) is 4.08. The molecule has 0 unspecified atom stereocenters. The van der Waals surface area contributed by atoms with E-state index in [0.29, 0.717) is 0 Å². The quantitative estimate of drug-likeness (QED) is 0.869. The topological polar surface area (TPSA) is 40.6 Å². The van der Waals surface area contributed by atoms with Crippen molar-refractivity contribution in [2.75, 3.05) is 16.3 Å². The van der Waals surface area contributed by atoms with Crippen molar-refractivity contribution < 1.29 is 14.0 Å². The molecule has 0 aliphatic carbocycles. The molecule has 0 N–H and O–H groups in total. The molecule has 1 aliphatic heterocycles. The van der Waals surface area contributed by atoms with E-state index in [0.717, 1.165) is 16.9 Å². The summed E-state index contributed by atoms with van der Waals surface area (Å²) in [4.78, 5) is 28.4. The molecule has 24 heavy (non-hydrogen) atoms. The summed E-state index contributed by atoms with van der Waals surface area (Å²) in [7, 11) is 0. The summed E-state index contributed by atoms with van der Waals surface area (Å²) in [5.41, 5.74) is 2.20. The van der Waals surface area contributed by atoms with E-state index in [2.05, 4.69) is 0 Å². The van der Waals surface area contributed by atoms with Crippen LogP contribution in [0.25, 0.3) is 0 Å². The van der Waals surface area contributed by atoms with Crippen LogP contribution in [0.4, 0.5) is 15.8 Å². The van der Waals surface area contributed by atoms with Gasteiger partial charge in [-0.25, -0.2) is 4.39 Å². The Kier molecular flexibility index (Phi) is 4.34. The lowest BCUT2D eigenvalue weighted by Crippen LogP contribution is -2.50. The molecule has 5 heteroatoms.